The lowest BCUT2D eigenvalue weighted by atomic mass is 10.1. The normalized spacial score (nSPS) is 19.4. The molecule has 1 fully saturated rings. The summed E-state index contributed by atoms with van der Waals surface area (Å²) in [4.78, 5) is 24.3. The first-order valence-electron chi connectivity index (χ1n) is 5.37. The highest BCUT2D eigenvalue weighted by molar-refractivity contribution is 6.33. The molecule has 17 heavy (non-hydrogen) atoms. The number of benzene rings is 1. The molecule has 0 radical (unpaired) electrons. The highest BCUT2D eigenvalue weighted by Gasteiger charge is 2.30. The van der Waals surface area contributed by atoms with Crippen molar-refractivity contribution in [2.45, 2.75) is 18.9 Å². The van der Waals surface area contributed by atoms with Crippen molar-refractivity contribution in [3.8, 4) is 0 Å². The zero-order valence-electron chi connectivity index (χ0n) is 9.06. The zero-order chi connectivity index (χ0) is 12.4. The molecule has 0 N–H and O–H groups in total. The third kappa shape index (κ3) is 2.26. The van der Waals surface area contributed by atoms with Gasteiger partial charge in [-0.3, -0.25) is 4.79 Å². The number of hydrogen-bond acceptors (Lipinski definition) is 3. The molecule has 90 valence electrons. The maximum atomic E-state index is 12.1. The molecular weight excluding hydrogens is 242 g/mol. The first-order chi connectivity index (χ1) is 8.11. The van der Waals surface area contributed by atoms with Gasteiger partial charge in [-0.2, -0.15) is 0 Å². The summed E-state index contributed by atoms with van der Waals surface area (Å²) >= 11 is 5.91. The maximum Gasteiger partial charge on any atom is 0.255 e. The van der Waals surface area contributed by atoms with Crippen LogP contribution in [0.2, 0.25) is 5.02 Å². The molecule has 1 aliphatic heterocycles. The van der Waals surface area contributed by atoms with Crippen molar-refractivity contribution in [1.29, 1.82) is 0 Å². The minimum absolute atomic E-state index is 0.335. The van der Waals surface area contributed by atoms with Crippen LogP contribution in [0.1, 0.15) is 23.2 Å². The Morgan fingerprint density at radius 1 is 1.35 bits per heavy atom. The summed E-state index contributed by atoms with van der Waals surface area (Å²) in [7, 11) is 0. The van der Waals surface area contributed by atoms with Gasteiger partial charge in [0.05, 0.1) is 22.6 Å². The third-order valence-electron chi connectivity index (χ3n) is 2.89. The van der Waals surface area contributed by atoms with E-state index in [0.29, 0.717) is 30.0 Å². The van der Waals surface area contributed by atoms with Gasteiger partial charge in [0.25, 0.3) is 5.91 Å². The quantitative estimate of drug-likeness (QED) is 0.778. The van der Waals surface area contributed by atoms with Crippen LogP contribution in [0, 0.1) is 0 Å². The molecule has 1 heterocycles. The van der Waals surface area contributed by atoms with Gasteiger partial charge in [0.1, 0.15) is 0 Å². The molecule has 0 aromatic heterocycles. The number of carboxylic acid groups (broad SMARTS) is 1. The Hall–Kier alpha value is -1.55. The lowest BCUT2D eigenvalue weighted by molar-refractivity contribution is -0.310. The number of rotatable bonds is 2. The largest absolute Gasteiger partial charge is 0.548 e. The highest BCUT2D eigenvalue weighted by Crippen LogP contribution is 2.23. The van der Waals surface area contributed by atoms with Gasteiger partial charge in [0.2, 0.25) is 0 Å². The SMILES string of the molecule is O=C([O-])C1CCCN1C(=O)c1ccccc1Cl. The van der Waals surface area contributed by atoms with Crippen LogP contribution in [0.4, 0.5) is 0 Å². The van der Waals surface area contributed by atoms with Crippen LogP contribution in [0.3, 0.4) is 0 Å². The summed E-state index contributed by atoms with van der Waals surface area (Å²) in [6.07, 6.45) is 1.12. The van der Waals surface area contributed by atoms with Crippen molar-refractivity contribution in [1.82, 2.24) is 4.90 Å². The first-order valence-corrected chi connectivity index (χ1v) is 5.75. The first kappa shape index (κ1) is 11.9. The smallest absolute Gasteiger partial charge is 0.255 e. The average Bonchev–Trinajstić information content (AvgIpc) is 2.77. The average molecular weight is 253 g/mol. The maximum absolute atomic E-state index is 12.1. The van der Waals surface area contributed by atoms with Gasteiger partial charge in [-0.05, 0) is 25.0 Å². The van der Waals surface area contributed by atoms with E-state index in [-0.39, 0.29) is 5.91 Å². The Morgan fingerprint density at radius 3 is 2.71 bits per heavy atom. The van der Waals surface area contributed by atoms with Crippen LogP contribution in [-0.2, 0) is 4.79 Å². The van der Waals surface area contributed by atoms with Crippen molar-refractivity contribution in [3.63, 3.8) is 0 Å². The number of carboxylic acids is 1. The Bertz CT molecular complexity index is 461. The zero-order valence-corrected chi connectivity index (χ0v) is 9.81. The molecule has 4 nitrogen and oxygen atoms in total. The molecule has 5 heteroatoms. The fourth-order valence-corrected chi connectivity index (χ4v) is 2.26. The van der Waals surface area contributed by atoms with E-state index in [0.717, 1.165) is 0 Å². The van der Waals surface area contributed by atoms with Crippen LogP contribution in [-0.4, -0.2) is 29.4 Å². The molecule has 2 rings (SSSR count). The lowest BCUT2D eigenvalue weighted by Crippen LogP contribution is -2.47. The molecule has 1 amide bonds. The highest BCUT2D eigenvalue weighted by atomic mass is 35.5. The van der Waals surface area contributed by atoms with Crippen LogP contribution in [0.5, 0.6) is 0 Å². The minimum atomic E-state index is -1.21. The van der Waals surface area contributed by atoms with Crippen LogP contribution in [0.15, 0.2) is 24.3 Å². The Balaban J connectivity index is 2.26. The van der Waals surface area contributed by atoms with Crippen LogP contribution >= 0.6 is 11.6 Å². The number of nitrogens with zero attached hydrogens (tertiary/aromatic N) is 1. The monoisotopic (exact) mass is 252 g/mol. The van der Waals surface area contributed by atoms with E-state index in [1.807, 2.05) is 0 Å². The van der Waals surface area contributed by atoms with Gasteiger partial charge in [0.15, 0.2) is 0 Å². The summed E-state index contributed by atoms with van der Waals surface area (Å²) < 4.78 is 0. The van der Waals surface area contributed by atoms with Crippen LogP contribution < -0.4 is 5.11 Å². The summed E-state index contributed by atoms with van der Waals surface area (Å²) in [5.74, 6) is -1.55. The van der Waals surface area contributed by atoms with E-state index >= 15 is 0 Å². The van der Waals surface area contributed by atoms with Crippen molar-refractivity contribution < 1.29 is 14.7 Å². The molecule has 1 aromatic rings. The van der Waals surface area contributed by atoms with Gasteiger partial charge < -0.3 is 14.8 Å². The lowest BCUT2D eigenvalue weighted by Gasteiger charge is -2.25. The van der Waals surface area contributed by atoms with Gasteiger partial charge in [-0.15, -0.1) is 0 Å². The molecule has 1 atom stereocenters. The Labute approximate surface area is 104 Å². The summed E-state index contributed by atoms with van der Waals surface area (Å²) in [5, 5.41) is 11.2. The fourth-order valence-electron chi connectivity index (χ4n) is 2.04. The number of hydrogen-bond donors (Lipinski definition) is 0. The molecule has 0 spiro atoms. The molecule has 0 aliphatic carbocycles. The van der Waals surface area contributed by atoms with Gasteiger partial charge in [0, 0.05) is 6.54 Å². The number of amides is 1. The van der Waals surface area contributed by atoms with Crippen molar-refractivity contribution >= 4 is 23.5 Å². The Kier molecular flexibility index (Phi) is 3.33. The molecule has 0 saturated carbocycles. The minimum Gasteiger partial charge on any atom is -0.548 e. The Morgan fingerprint density at radius 2 is 2.06 bits per heavy atom. The second-order valence-electron chi connectivity index (χ2n) is 3.96. The standard InChI is InChI=1S/C12H12ClNO3/c13-9-5-2-1-4-8(9)11(15)14-7-3-6-10(14)12(16)17/h1-2,4-5,10H,3,6-7H2,(H,16,17)/p-1. The van der Waals surface area contributed by atoms with E-state index in [9.17, 15) is 14.7 Å². The van der Waals surface area contributed by atoms with E-state index in [1.165, 1.54) is 4.90 Å². The second kappa shape index (κ2) is 4.75. The van der Waals surface area contributed by atoms with E-state index < -0.39 is 12.0 Å². The number of likely N-dealkylation sites (tertiary alicyclic amines) is 1. The number of carbonyl (C=O) groups is 2. The van der Waals surface area contributed by atoms with Crippen molar-refractivity contribution in [2.24, 2.45) is 0 Å². The van der Waals surface area contributed by atoms with Crippen LogP contribution in [0.25, 0.3) is 0 Å². The summed E-state index contributed by atoms with van der Waals surface area (Å²) in [6.45, 7) is 0.433. The number of halogens is 1. The van der Waals surface area contributed by atoms with Crippen molar-refractivity contribution in [2.75, 3.05) is 6.54 Å². The molecule has 1 aromatic carbocycles. The topological polar surface area (TPSA) is 60.4 Å². The fraction of sp³-hybridized carbons (Fsp3) is 0.333. The third-order valence-corrected chi connectivity index (χ3v) is 3.22. The van der Waals surface area contributed by atoms with Crippen molar-refractivity contribution in [3.05, 3.63) is 34.9 Å². The predicted molar refractivity (Wildman–Crippen MR) is 60.5 cm³/mol. The molecule has 1 unspecified atom stereocenters. The second-order valence-corrected chi connectivity index (χ2v) is 4.36. The predicted octanol–water partition coefficient (Wildman–Crippen LogP) is 0.694. The molecule has 1 aliphatic rings. The summed E-state index contributed by atoms with van der Waals surface area (Å²) in [6, 6.07) is 5.79. The molecule has 0 bridgehead atoms. The summed E-state index contributed by atoms with van der Waals surface area (Å²) in [5.41, 5.74) is 0.335. The molecule has 1 saturated heterocycles. The number of carbonyl (C=O) groups excluding carboxylic acids is 2. The van der Waals surface area contributed by atoms with E-state index in [4.69, 9.17) is 11.6 Å². The van der Waals surface area contributed by atoms with E-state index in [1.54, 1.807) is 24.3 Å². The van der Waals surface area contributed by atoms with E-state index in [2.05, 4.69) is 0 Å². The number of aliphatic carboxylic acids is 1. The molecular formula is C12H11ClNO3-. The van der Waals surface area contributed by atoms with Gasteiger partial charge in [-0.25, -0.2) is 0 Å². The van der Waals surface area contributed by atoms with Gasteiger partial charge >= 0.3 is 0 Å². The van der Waals surface area contributed by atoms with Gasteiger partial charge in [-0.1, -0.05) is 23.7 Å².